The van der Waals surface area contributed by atoms with Crippen molar-refractivity contribution in [3.63, 3.8) is 0 Å². The number of ether oxygens (including phenoxy) is 1. The quantitative estimate of drug-likeness (QED) is 0.841. The van der Waals surface area contributed by atoms with Gasteiger partial charge in [0.25, 0.3) is 0 Å². The van der Waals surface area contributed by atoms with E-state index in [1.807, 2.05) is 25.1 Å². The predicted octanol–water partition coefficient (Wildman–Crippen LogP) is 2.31. The summed E-state index contributed by atoms with van der Waals surface area (Å²) in [5.74, 6) is 0. The van der Waals surface area contributed by atoms with Gasteiger partial charge in [-0.3, -0.25) is 0 Å². The highest BCUT2D eigenvalue weighted by molar-refractivity contribution is 7.89. The summed E-state index contributed by atoms with van der Waals surface area (Å²) in [6.07, 6.45) is 0. The topological polar surface area (TPSA) is 46.6 Å². The number of aryl methyl sites for hydroxylation is 1. The molecular weight excluding hydrogens is 274 g/mol. The van der Waals surface area contributed by atoms with Gasteiger partial charge in [-0.2, -0.15) is 4.31 Å². The molecule has 2 rings (SSSR count). The van der Waals surface area contributed by atoms with Crippen LogP contribution in [0.5, 0.6) is 0 Å². The molecule has 0 bridgehead atoms. The Labute approximate surface area is 121 Å². The minimum absolute atomic E-state index is 0.0665. The average Bonchev–Trinajstić information content (AvgIpc) is 2.38. The van der Waals surface area contributed by atoms with Gasteiger partial charge in [0.05, 0.1) is 18.1 Å². The minimum Gasteiger partial charge on any atom is -0.379 e. The van der Waals surface area contributed by atoms with Crippen molar-refractivity contribution in [2.45, 2.75) is 38.0 Å². The van der Waals surface area contributed by atoms with E-state index < -0.39 is 10.0 Å². The lowest BCUT2D eigenvalue weighted by Gasteiger charge is -2.28. The van der Waals surface area contributed by atoms with Crippen LogP contribution in [0.25, 0.3) is 0 Å². The highest BCUT2D eigenvalue weighted by Crippen LogP contribution is 2.28. The van der Waals surface area contributed by atoms with Crippen molar-refractivity contribution in [3.05, 3.63) is 29.3 Å². The van der Waals surface area contributed by atoms with Gasteiger partial charge in [-0.1, -0.05) is 32.9 Å². The number of morpholine rings is 1. The van der Waals surface area contributed by atoms with Crippen LogP contribution in [0.2, 0.25) is 0 Å². The summed E-state index contributed by atoms with van der Waals surface area (Å²) in [6.45, 7) is 9.91. The van der Waals surface area contributed by atoms with Crippen LogP contribution in [0.3, 0.4) is 0 Å². The van der Waals surface area contributed by atoms with Gasteiger partial charge in [-0.25, -0.2) is 8.42 Å². The van der Waals surface area contributed by atoms with Gasteiger partial charge in [0.2, 0.25) is 10.0 Å². The van der Waals surface area contributed by atoms with E-state index in [0.29, 0.717) is 31.2 Å². The van der Waals surface area contributed by atoms with Gasteiger partial charge in [-0.05, 0) is 29.5 Å². The molecule has 1 saturated heterocycles. The maximum absolute atomic E-state index is 12.8. The van der Waals surface area contributed by atoms with Crippen LogP contribution < -0.4 is 0 Å². The maximum atomic E-state index is 12.8. The summed E-state index contributed by atoms with van der Waals surface area (Å²) >= 11 is 0. The monoisotopic (exact) mass is 297 g/mol. The number of nitrogens with zero attached hydrogens (tertiary/aromatic N) is 1. The second-order valence-corrected chi connectivity index (χ2v) is 8.15. The molecule has 1 aromatic rings. The first-order chi connectivity index (χ1) is 9.23. The third-order valence-corrected chi connectivity index (χ3v) is 5.68. The zero-order valence-corrected chi connectivity index (χ0v) is 13.5. The molecule has 0 unspecified atom stereocenters. The number of hydrogen-bond donors (Lipinski definition) is 0. The van der Waals surface area contributed by atoms with E-state index in [1.54, 1.807) is 0 Å². The summed E-state index contributed by atoms with van der Waals surface area (Å²) < 4.78 is 32.3. The largest absolute Gasteiger partial charge is 0.379 e. The minimum atomic E-state index is -3.42. The van der Waals surface area contributed by atoms with Gasteiger partial charge < -0.3 is 4.74 Å². The van der Waals surface area contributed by atoms with Crippen molar-refractivity contribution < 1.29 is 13.2 Å². The molecule has 1 aliphatic heterocycles. The first kappa shape index (κ1) is 15.5. The normalized spacial score (nSPS) is 18.2. The van der Waals surface area contributed by atoms with Crippen molar-refractivity contribution in [3.8, 4) is 0 Å². The molecule has 0 aliphatic carbocycles. The molecule has 0 N–H and O–H groups in total. The zero-order chi connectivity index (χ0) is 15.0. The molecule has 0 aromatic heterocycles. The van der Waals surface area contributed by atoms with E-state index in [4.69, 9.17) is 4.74 Å². The van der Waals surface area contributed by atoms with Crippen molar-refractivity contribution in [1.29, 1.82) is 0 Å². The van der Waals surface area contributed by atoms with Gasteiger partial charge in [-0.15, -0.1) is 0 Å². The first-order valence-corrected chi connectivity index (χ1v) is 8.36. The molecule has 1 fully saturated rings. The lowest BCUT2D eigenvalue weighted by molar-refractivity contribution is 0.0730. The molecule has 112 valence electrons. The predicted molar refractivity (Wildman–Crippen MR) is 79.5 cm³/mol. The Morgan fingerprint density at radius 2 is 1.75 bits per heavy atom. The van der Waals surface area contributed by atoms with Crippen LogP contribution in [0.15, 0.2) is 23.1 Å². The molecule has 1 aliphatic rings. The molecule has 5 heteroatoms. The Kier molecular flexibility index (Phi) is 4.23. The van der Waals surface area contributed by atoms with Crippen molar-refractivity contribution in [2.75, 3.05) is 26.3 Å². The molecule has 0 amide bonds. The smallest absolute Gasteiger partial charge is 0.243 e. The van der Waals surface area contributed by atoms with Crippen LogP contribution in [0.1, 0.15) is 31.9 Å². The van der Waals surface area contributed by atoms with E-state index in [1.165, 1.54) is 4.31 Å². The lowest BCUT2D eigenvalue weighted by atomic mass is 9.87. The van der Waals surface area contributed by atoms with Gasteiger partial charge in [0.15, 0.2) is 0 Å². The summed E-state index contributed by atoms with van der Waals surface area (Å²) in [5, 5.41) is 0. The highest BCUT2D eigenvalue weighted by Gasteiger charge is 2.28. The Morgan fingerprint density at radius 3 is 2.30 bits per heavy atom. The SMILES string of the molecule is Cc1ccc(C(C)(C)C)cc1S(=O)(=O)N1CCOCC1. The Hall–Kier alpha value is -0.910. The van der Waals surface area contributed by atoms with Crippen molar-refractivity contribution >= 4 is 10.0 Å². The number of benzene rings is 1. The third kappa shape index (κ3) is 3.05. The van der Waals surface area contributed by atoms with Crippen LogP contribution in [0.4, 0.5) is 0 Å². The molecule has 1 heterocycles. The van der Waals surface area contributed by atoms with Gasteiger partial charge >= 0.3 is 0 Å². The van der Waals surface area contributed by atoms with Gasteiger partial charge in [0, 0.05) is 13.1 Å². The Morgan fingerprint density at radius 1 is 1.15 bits per heavy atom. The zero-order valence-electron chi connectivity index (χ0n) is 12.6. The average molecular weight is 297 g/mol. The van der Waals surface area contributed by atoms with Gasteiger partial charge in [0.1, 0.15) is 0 Å². The third-order valence-electron chi connectivity index (χ3n) is 3.64. The van der Waals surface area contributed by atoms with Crippen LogP contribution in [-0.4, -0.2) is 39.0 Å². The number of rotatable bonds is 2. The standard InChI is InChI=1S/C15H23NO3S/c1-12-5-6-13(15(2,3)4)11-14(12)20(17,18)16-7-9-19-10-8-16/h5-6,11H,7-10H2,1-4H3. The van der Waals surface area contributed by atoms with Crippen LogP contribution in [-0.2, 0) is 20.2 Å². The molecule has 1 aromatic carbocycles. The fraction of sp³-hybridized carbons (Fsp3) is 0.600. The molecule has 0 radical (unpaired) electrons. The van der Waals surface area contributed by atoms with E-state index in [-0.39, 0.29) is 5.41 Å². The summed E-state index contributed by atoms with van der Waals surface area (Å²) in [7, 11) is -3.42. The second-order valence-electron chi connectivity index (χ2n) is 6.25. The van der Waals surface area contributed by atoms with E-state index in [0.717, 1.165) is 11.1 Å². The molecular formula is C15H23NO3S. The maximum Gasteiger partial charge on any atom is 0.243 e. The summed E-state index contributed by atoms with van der Waals surface area (Å²) in [6, 6.07) is 5.72. The highest BCUT2D eigenvalue weighted by atomic mass is 32.2. The van der Waals surface area contributed by atoms with Crippen molar-refractivity contribution in [1.82, 2.24) is 4.31 Å². The second kappa shape index (κ2) is 5.47. The van der Waals surface area contributed by atoms with Crippen molar-refractivity contribution in [2.24, 2.45) is 0 Å². The molecule has 0 saturated carbocycles. The fourth-order valence-electron chi connectivity index (χ4n) is 2.27. The van der Waals surface area contributed by atoms with Crippen LogP contribution in [0, 0.1) is 6.92 Å². The molecule has 0 spiro atoms. The number of hydrogen-bond acceptors (Lipinski definition) is 3. The summed E-state index contributed by atoms with van der Waals surface area (Å²) in [5.41, 5.74) is 1.77. The molecule has 20 heavy (non-hydrogen) atoms. The summed E-state index contributed by atoms with van der Waals surface area (Å²) in [4.78, 5) is 0.423. The first-order valence-electron chi connectivity index (χ1n) is 6.92. The molecule has 0 atom stereocenters. The van der Waals surface area contributed by atoms with E-state index in [2.05, 4.69) is 20.8 Å². The van der Waals surface area contributed by atoms with Crippen LogP contribution >= 0.6 is 0 Å². The molecule has 4 nitrogen and oxygen atoms in total. The van der Waals surface area contributed by atoms with E-state index in [9.17, 15) is 8.42 Å². The fourth-order valence-corrected chi connectivity index (χ4v) is 3.93. The number of sulfonamides is 1. The van der Waals surface area contributed by atoms with E-state index >= 15 is 0 Å². The Balaban J connectivity index is 2.45. The lowest BCUT2D eigenvalue weighted by Crippen LogP contribution is -2.40. The Bertz CT molecular complexity index is 582.